The molecule has 0 radical (unpaired) electrons. The standard InChI is InChI=1S/C12H13N3O/c1-9(16)15-13-8-11-7-6-10-4-2-3-5-12(10)14-11/h2-7,13H,8H2,1H3,(H,15,16). The first-order chi connectivity index (χ1) is 7.75. The van der Waals surface area contributed by atoms with Gasteiger partial charge in [-0.25, -0.2) is 5.43 Å². The van der Waals surface area contributed by atoms with Crippen molar-refractivity contribution in [1.82, 2.24) is 15.8 Å². The number of hydrogen-bond donors (Lipinski definition) is 2. The van der Waals surface area contributed by atoms with Gasteiger partial charge >= 0.3 is 0 Å². The second kappa shape index (κ2) is 4.72. The van der Waals surface area contributed by atoms with Crippen LogP contribution in [0.1, 0.15) is 12.6 Å². The normalized spacial score (nSPS) is 10.3. The van der Waals surface area contributed by atoms with Crippen LogP contribution in [0.5, 0.6) is 0 Å². The lowest BCUT2D eigenvalue weighted by Gasteiger charge is -2.05. The van der Waals surface area contributed by atoms with E-state index < -0.39 is 0 Å². The summed E-state index contributed by atoms with van der Waals surface area (Å²) in [5, 5.41) is 1.12. The van der Waals surface area contributed by atoms with Crippen LogP contribution in [0.4, 0.5) is 0 Å². The van der Waals surface area contributed by atoms with Crippen LogP contribution in [-0.2, 0) is 11.3 Å². The molecule has 82 valence electrons. The number of nitrogens with zero attached hydrogens (tertiary/aromatic N) is 1. The lowest BCUT2D eigenvalue weighted by atomic mass is 10.2. The van der Waals surface area contributed by atoms with Crippen molar-refractivity contribution in [3.8, 4) is 0 Å². The van der Waals surface area contributed by atoms with Crippen LogP contribution in [0.25, 0.3) is 10.9 Å². The maximum atomic E-state index is 10.7. The Labute approximate surface area is 93.7 Å². The summed E-state index contributed by atoms with van der Waals surface area (Å²) < 4.78 is 0. The largest absolute Gasteiger partial charge is 0.291 e. The number of aromatic nitrogens is 1. The molecule has 1 aromatic carbocycles. The van der Waals surface area contributed by atoms with E-state index in [1.165, 1.54) is 6.92 Å². The predicted molar refractivity (Wildman–Crippen MR) is 62.4 cm³/mol. The molecule has 0 aliphatic heterocycles. The number of pyridine rings is 1. The Kier molecular flexibility index (Phi) is 3.12. The molecule has 1 amide bonds. The lowest BCUT2D eigenvalue weighted by molar-refractivity contribution is -0.119. The van der Waals surface area contributed by atoms with Gasteiger partial charge < -0.3 is 0 Å². The highest BCUT2D eigenvalue weighted by Crippen LogP contribution is 2.11. The van der Waals surface area contributed by atoms with Crippen molar-refractivity contribution >= 4 is 16.8 Å². The number of carbonyl (C=O) groups excluding carboxylic acids is 1. The van der Waals surface area contributed by atoms with E-state index in [0.29, 0.717) is 6.54 Å². The third-order valence-electron chi connectivity index (χ3n) is 2.19. The van der Waals surface area contributed by atoms with Gasteiger partial charge in [0.25, 0.3) is 0 Å². The second-order valence-electron chi connectivity index (χ2n) is 3.53. The second-order valence-corrected chi connectivity index (χ2v) is 3.53. The number of fused-ring (bicyclic) bond motifs is 1. The quantitative estimate of drug-likeness (QED) is 0.760. The van der Waals surface area contributed by atoms with Gasteiger partial charge in [0, 0.05) is 12.3 Å². The van der Waals surface area contributed by atoms with Crippen molar-refractivity contribution in [2.24, 2.45) is 0 Å². The molecule has 0 saturated carbocycles. The summed E-state index contributed by atoms with van der Waals surface area (Å²) in [5.41, 5.74) is 7.18. The summed E-state index contributed by atoms with van der Waals surface area (Å²) in [7, 11) is 0. The number of amides is 1. The molecule has 16 heavy (non-hydrogen) atoms. The van der Waals surface area contributed by atoms with Crippen LogP contribution < -0.4 is 10.9 Å². The Bertz CT molecular complexity index is 510. The number of para-hydroxylation sites is 1. The first-order valence-electron chi connectivity index (χ1n) is 5.10. The predicted octanol–water partition coefficient (Wildman–Crippen LogP) is 1.38. The molecule has 4 heteroatoms. The number of benzene rings is 1. The van der Waals surface area contributed by atoms with Crippen molar-refractivity contribution in [2.45, 2.75) is 13.5 Å². The van der Waals surface area contributed by atoms with Crippen LogP contribution >= 0.6 is 0 Å². The average Bonchev–Trinajstić information content (AvgIpc) is 2.28. The summed E-state index contributed by atoms with van der Waals surface area (Å²) in [4.78, 5) is 15.1. The van der Waals surface area contributed by atoms with Gasteiger partial charge in [-0.1, -0.05) is 24.3 Å². The topological polar surface area (TPSA) is 54.0 Å². The zero-order valence-electron chi connectivity index (χ0n) is 9.03. The van der Waals surface area contributed by atoms with E-state index in [1.54, 1.807) is 0 Å². The minimum atomic E-state index is -0.110. The van der Waals surface area contributed by atoms with Crippen LogP contribution in [0.15, 0.2) is 36.4 Å². The summed E-state index contributed by atoms with van der Waals surface area (Å²) in [5.74, 6) is -0.110. The molecule has 0 spiro atoms. The summed E-state index contributed by atoms with van der Waals surface area (Å²) >= 11 is 0. The molecule has 2 N–H and O–H groups in total. The highest BCUT2D eigenvalue weighted by atomic mass is 16.2. The Morgan fingerprint density at radius 2 is 2.06 bits per heavy atom. The monoisotopic (exact) mass is 215 g/mol. The third kappa shape index (κ3) is 2.55. The van der Waals surface area contributed by atoms with Gasteiger partial charge in [0.15, 0.2) is 0 Å². The number of hydrogen-bond acceptors (Lipinski definition) is 3. The molecule has 1 heterocycles. The van der Waals surface area contributed by atoms with E-state index in [2.05, 4.69) is 15.8 Å². The molecule has 0 fully saturated rings. The number of hydrazine groups is 1. The van der Waals surface area contributed by atoms with Gasteiger partial charge in [-0.15, -0.1) is 0 Å². The van der Waals surface area contributed by atoms with E-state index in [9.17, 15) is 4.79 Å². The highest BCUT2D eigenvalue weighted by molar-refractivity contribution is 5.78. The molecule has 0 atom stereocenters. The van der Waals surface area contributed by atoms with E-state index >= 15 is 0 Å². The van der Waals surface area contributed by atoms with Crippen LogP contribution in [0.2, 0.25) is 0 Å². The minimum Gasteiger partial charge on any atom is -0.291 e. The molecule has 0 saturated heterocycles. The Balaban J connectivity index is 2.10. The molecule has 2 aromatic rings. The van der Waals surface area contributed by atoms with Gasteiger partial charge in [0.05, 0.1) is 17.8 Å². The lowest BCUT2D eigenvalue weighted by Crippen LogP contribution is -2.35. The van der Waals surface area contributed by atoms with Crippen molar-refractivity contribution < 1.29 is 4.79 Å². The first kappa shape index (κ1) is 10.6. The van der Waals surface area contributed by atoms with Crippen LogP contribution in [-0.4, -0.2) is 10.9 Å². The molecule has 1 aromatic heterocycles. The van der Waals surface area contributed by atoms with Crippen LogP contribution in [0, 0.1) is 0 Å². The Morgan fingerprint density at radius 3 is 2.88 bits per heavy atom. The zero-order chi connectivity index (χ0) is 11.4. The van der Waals surface area contributed by atoms with E-state index in [4.69, 9.17) is 0 Å². The first-order valence-corrected chi connectivity index (χ1v) is 5.10. The van der Waals surface area contributed by atoms with Gasteiger partial charge in [-0.3, -0.25) is 15.2 Å². The van der Waals surface area contributed by atoms with Gasteiger partial charge in [-0.05, 0) is 12.1 Å². The van der Waals surface area contributed by atoms with Crippen molar-refractivity contribution in [1.29, 1.82) is 0 Å². The SMILES string of the molecule is CC(=O)NNCc1ccc2ccccc2n1. The molecular weight excluding hydrogens is 202 g/mol. The summed E-state index contributed by atoms with van der Waals surface area (Å²) in [6.07, 6.45) is 0. The molecule has 0 bridgehead atoms. The van der Waals surface area contributed by atoms with E-state index in [-0.39, 0.29) is 5.91 Å². The van der Waals surface area contributed by atoms with Crippen molar-refractivity contribution in [3.05, 3.63) is 42.1 Å². The summed E-state index contributed by atoms with van der Waals surface area (Å²) in [6.45, 7) is 1.98. The fourth-order valence-corrected chi connectivity index (χ4v) is 1.47. The number of nitrogens with one attached hydrogen (secondary N) is 2. The van der Waals surface area contributed by atoms with Crippen molar-refractivity contribution in [2.75, 3.05) is 0 Å². The molecule has 0 unspecified atom stereocenters. The molecule has 0 aliphatic rings. The van der Waals surface area contributed by atoms with Gasteiger partial charge in [-0.2, -0.15) is 0 Å². The van der Waals surface area contributed by atoms with E-state index in [0.717, 1.165) is 16.6 Å². The molecule has 0 aliphatic carbocycles. The summed E-state index contributed by atoms with van der Waals surface area (Å²) in [6, 6.07) is 11.9. The van der Waals surface area contributed by atoms with Crippen molar-refractivity contribution in [3.63, 3.8) is 0 Å². The van der Waals surface area contributed by atoms with Gasteiger partial charge in [0.1, 0.15) is 0 Å². The Morgan fingerprint density at radius 1 is 1.25 bits per heavy atom. The van der Waals surface area contributed by atoms with Gasteiger partial charge in [0.2, 0.25) is 5.91 Å². The van der Waals surface area contributed by atoms with E-state index in [1.807, 2.05) is 36.4 Å². The molecule has 2 rings (SSSR count). The minimum absolute atomic E-state index is 0.110. The fraction of sp³-hybridized carbons (Fsp3) is 0.167. The smallest absolute Gasteiger partial charge is 0.230 e. The Hall–Kier alpha value is -1.94. The zero-order valence-corrected chi connectivity index (χ0v) is 9.03. The fourth-order valence-electron chi connectivity index (χ4n) is 1.47. The maximum Gasteiger partial charge on any atom is 0.230 e. The number of rotatable bonds is 3. The molecule has 4 nitrogen and oxygen atoms in total. The molecular formula is C12H13N3O. The van der Waals surface area contributed by atoms with Crippen LogP contribution in [0.3, 0.4) is 0 Å². The number of carbonyl (C=O) groups is 1. The average molecular weight is 215 g/mol. The third-order valence-corrected chi connectivity index (χ3v) is 2.19. The maximum absolute atomic E-state index is 10.7. The highest BCUT2D eigenvalue weighted by Gasteiger charge is 1.97.